The molecule has 0 amide bonds. The lowest BCUT2D eigenvalue weighted by Gasteiger charge is -2.41. The van der Waals surface area contributed by atoms with Crippen LogP contribution in [-0.2, 0) is 9.57 Å². The summed E-state index contributed by atoms with van der Waals surface area (Å²) in [6.07, 6.45) is -0.166. The van der Waals surface area contributed by atoms with Gasteiger partial charge in [-0.05, 0) is 27.2 Å². The summed E-state index contributed by atoms with van der Waals surface area (Å²) in [4.78, 5) is 29.6. The van der Waals surface area contributed by atoms with E-state index < -0.39 is 23.8 Å². The molecule has 3 atom stereocenters. The quantitative estimate of drug-likeness (QED) is 0.405. The van der Waals surface area contributed by atoms with Crippen molar-refractivity contribution < 1.29 is 19.3 Å². The number of nitro groups is 1. The number of hydrogen-bond donors (Lipinski definition) is 2. The first-order valence-corrected chi connectivity index (χ1v) is 8.18. The van der Waals surface area contributed by atoms with Gasteiger partial charge in [0, 0.05) is 31.1 Å². The number of hydroxylamine groups is 2. The van der Waals surface area contributed by atoms with Gasteiger partial charge in [0.1, 0.15) is 5.60 Å². The molecule has 0 bridgehead atoms. The van der Waals surface area contributed by atoms with Crippen molar-refractivity contribution in [1.29, 1.82) is 0 Å². The van der Waals surface area contributed by atoms with Gasteiger partial charge in [-0.25, -0.2) is 4.79 Å². The fourth-order valence-electron chi connectivity index (χ4n) is 2.90. The SMILES string of the molecule is CC(C)(C)OC(=O)ON1CCN(C2CC(N)C([N+](=O)[O-])CN2)CC1. The van der Waals surface area contributed by atoms with Crippen molar-refractivity contribution in [2.75, 3.05) is 32.7 Å². The summed E-state index contributed by atoms with van der Waals surface area (Å²) >= 11 is 0. The van der Waals surface area contributed by atoms with Crippen LogP contribution in [-0.4, -0.2) is 77.6 Å². The molecular formula is C14H27N5O5. The van der Waals surface area contributed by atoms with Crippen LogP contribution in [0.4, 0.5) is 4.79 Å². The molecule has 138 valence electrons. The Morgan fingerprint density at radius 3 is 2.42 bits per heavy atom. The third-order valence-corrected chi connectivity index (χ3v) is 4.13. The second-order valence-corrected chi connectivity index (χ2v) is 7.20. The van der Waals surface area contributed by atoms with Crippen molar-refractivity contribution in [1.82, 2.24) is 15.3 Å². The monoisotopic (exact) mass is 345 g/mol. The number of rotatable bonds is 3. The molecule has 2 heterocycles. The molecule has 0 aromatic rings. The molecule has 0 radical (unpaired) electrons. The summed E-state index contributed by atoms with van der Waals surface area (Å²) < 4.78 is 5.12. The maximum atomic E-state index is 11.7. The first-order chi connectivity index (χ1) is 11.2. The maximum absolute atomic E-state index is 11.7. The van der Waals surface area contributed by atoms with Gasteiger partial charge in [-0.2, -0.15) is 0 Å². The van der Waals surface area contributed by atoms with E-state index in [1.165, 1.54) is 0 Å². The molecular weight excluding hydrogens is 318 g/mol. The van der Waals surface area contributed by atoms with E-state index in [-0.39, 0.29) is 17.6 Å². The normalized spacial score (nSPS) is 29.9. The smallest absolute Gasteiger partial charge is 0.427 e. The van der Waals surface area contributed by atoms with E-state index in [0.29, 0.717) is 32.6 Å². The number of nitrogens with one attached hydrogen (secondary N) is 1. The third kappa shape index (κ3) is 5.26. The summed E-state index contributed by atoms with van der Waals surface area (Å²) in [6, 6.07) is -1.19. The van der Waals surface area contributed by atoms with Gasteiger partial charge >= 0.3 is 6.16 Å². The first kappa shape index (κ1) is 18.8. The van der Waals surface area contributed by atoms with E-state index in [2.05, 4.69) is 10.2 Å². The van der Waals surface area contributed by atoms with Gasteiger partial charge in [-0.15, -0.1) is 5.06 Å². The largest absolute Gasteiger partial charge is 0.528 e. The topological polar surface area (TPSA) is 123 Å². The zero-order valence-corrected chi connectivity index (χ0v) is 14.4. The molecule has 0 aromatic carbocycles. The summed E-state index contributed by atoms with van der Waals surface area (Å²) in [5, 5.41) is 15.7. The van der Waals surface area contributed by atoms with Crippen molar-refractivity contribution >= 4 is 6.16 Å². The van der Waals surface area contributed by atoms with E-state index in [1.807, 2.05) is 0 Å². The van der Waals surface area contributed by atoms with Crippen LogP contribution in [0.1, 0.15) is 27.2 Å². The summed E-state index contributed by atoms with van der Waals surface area (Å²) in [5.74, 6) is 0. The molecule has 2 aliphatic heterocycles. The molecule has 0 saturated carbocycles. The Morgan fingerprint density at radius 2 is 1.92 bits per heavy atom. The minimum Gasteiger partial charge on any atom is -0.427 e. The van der Waals surface area contributed by atoms with Crippen molar-refractivity contribution in [3.63, 3.8) is 0 Å². The average molecular weight is 345 g/mol. The molecule has 10 nitrogen and oxygen atoms in total. The Kier molecular flexibility index (Phi) is 5.97. The first-order valence-electron chi connectivity index (χ1n) is 8.18. The Labute approximate surface area is 141 Å². The molecule has 2 aliphatic rings. The second kappa shape index (κ2) is 7.60. The number of hydrogen-bond acceptors (Lipinski definition) is 9. The van der Waals surface area contributed by atoms with Gasteiger partial charge in [0.15, 0.2) is 0 Å². The van der Waals surface area contributed by atoms with Crippen LogP contribution in [0.3, 0.4) is 0 Å². The zero-order chi connectivity index (χ0) is 17.9. The number of carbonyl (C=O) groups is 1. The third-order valence-electron chi connectivity index (χ3n) is 4.13. The van der Waals surface area contributed by atoms with Crippen LogP contribution >= 0.6 is 0 Å². The number of carbonyl (C=O) groups excluding carboxylic acids is 1. The van der Waals surface area contributed by atoms with Gasteiger partial charge in [-0.3, -0.25) is 20.3 Å². The molecule has 2 saturated heterocycles. The standard InChI is InChI=1S/C14H27N5O5/c1-14(2,3)23-13(20)24-18-6-4-17(5-7-18)12-8-10(15)11(9-16-12)19(21)22/h10-12,16H,4-9,15H2,1-3H3. The molecule has 2 rings (SSSR count). The summed E-state index contributed by atoms with van der Waals surface area (Å²) in [7, 11) is 0. The van der Waals surface area contributed by atoms with Crippen molar-refractivity contribution in [3.8, 4) is 0 Å². The van der Waals surface area contributed by atoms with Gasteiger partial charge in [0.25, 0.3) is 0 Å². The van der Waals surface area contributed by atoms with Gasteiger partial charge in [-0.1, -0.05) is 0 Å². The Balaban J connectivity index is 1.75. The molecule has 24 heavy (non-hydrogen) atoms. The van der Waals surface area contributed by atoms with Crippen molar-refractivity contribution in [3.05, 3.63) is 10.1 Å². The maximum Gasteiger partial charge on any atom is 0.528 e. The van der Waals surface area contributed by atoms with Crippen LogP contribution in [0.5, 0.6) is 0 Å². The molecule has 3 unspecified atom stereocenters. The van der Waals surface area contributed by atoms with E-state index in [9.17, 15) is 14.9 Å². The van der Waals surface area contributed by atoms with Gasteiger partial charge < -0.3 is 15.3 Å². The van der Waals surface area contributed by atoms with E-state index in [0.717, 1.165) is 0 Å². The number of nitrogens with two attached hydrogens (primary N) is 1. The zero-order valence-electron chi connectivity index (χ0n) is 14.4. The molecule has 0 aliphatic carbocycles. The summed E-state index contributed by atoms with van der Waals surface area (Å²) in [5.41, 5.74) is 5.34. The molecule has 0 spiro atoms. The van der Waals surface area contributed by atoms with Crippen LogP contribution in [0, 0.1) is 10.1 Å². The predicted molar refractivity (Wildman–Crippen MR) is 85.6 cm³/mol. The van der Waals surface area contributed by atoms with Gasteiger partial charge in [0.2, 0.25) is 6.04 Å². The van der Waals surface area contributed by atoms with Crippen molar-refractivity contribution in [2.45, 2.75) is 51.0 Å². The Bertz CT molecular complexity index is 461. The van der Waals surface area contributed by atoms with Crippen LogP contribution in [0.15, 0.2) is 0 Å². The molecule has 0 aromatic heterocycles. The average Bonchev–Trinajstić information content (AvgIpc) is 2.45. The lowest BCUT2D eigenvalue weighted by Crippen LogP contribution is -2.63. The van der Waals surface area contributed by atoms with Crippen LogP contribution in [0.25, 0.3) is 0 Å². The van der Waals surface area contributed by atoms with Gasteiger partial charge in [0.05, 0.1) is 18.8 Å². The van der Waals surface area contributed by atoms with E-state index in [1.54, 1.807) is 25.8 Å². The van der Waals surface area contributed by atoms with E-state index >= 15 is 0 Å². The highest BCUT2D eigenvalue weighted by molar-refractivity contribution is 5.60. The second-order valence-electron chi connectivity index (χ2n) is 7.20. The fourth-order valence-corrected chi connectivity index (χ4v) is 2.90. The molecule has 10 heteroatoms. The highest BCUT2D eigenvalue weighted by atomic mass is 16.8. The lowest BCUT2D eigenvalue weighted by atomic mass is 9.99. The highest BCUT2D eigenvalue weighted by Gasteiger charge is 2.38. The number of piperidine rings is 1. The lowest BCUT2D eigenvalue weighted by molar-refractivity contribution is -0.526. The number of piperazine rings is 1. The predicted octanol–water partition coefficient (Wildman–Crippen LogP) is -0.237. The minimum absolute atomic E-state index is 0.0138. The summed E-state index contributed by atoms with van der Waals surface area (Å²) in [6.45, 7) is 8.06. The molecule has 3 N–H and O–H groups in total. The fraction of sp³-hybridized carbons (Fsp3) is 0.929. The number of nitrogens with zero attached hydrogens (tertiary/aromatic N) is 3. The number of ether oxygens (including phenoxy) is 1. The van der Waals surface area contributed by atoms with E-state index in [4.69, 9.17) is 15.3 Å². The Morgan fingerprint density at radius 1 is 1.29 bits per heavy atom. The van der Waals surface area contributed by atoms with Crippen LogP contribution in [0.2, 0.25) is 0 Å². The molecule has 2 fully saturated rings. The Hall–Kier alpha value is -1.49. The highest BCUT2D eigenvalue weighted by Crippen LogP contribution is 2.16. The van der Waals surface area contributed by atoms with Crippen LogP contribution < -0.4 is 11.1 Å². The minimum atomic E-state index is -0.738. The van der Waals surface area contributed by atoms with Crippen molar-refractivity contribution in [2.24, 2.45) is 5.73 Å².